The summed E-state index contributed by atoms with van der Waals surface area (Å²) in [5.41, 5.74) is 6.67. The van der Waals surface area contributed by atoms with Crippen LogP contribution in [0.25, 0.3) is 0 Å². The first-order chi connectivity index (χ1) is 6.38. The summed E-state index contributed by atoms with van der Waals surface area (Å²) in [7, 11) is 0. The maximum Gasteiger partial charge on any atom is 0.112 e. The van der Waals surface area contributed by atoms with Gasteiger partial charge in [-0.2, -0.15) is 0 Å². The zero-order valence-corrected chi connectivity index (χ0v) is 8.00. The molecule has 0 unspecified atom stereocenters. The summed E-state index contributed by atoms with van der Waals surface area (Å²) in [4.78, 5) is 4.21. The predicted molar refractivity (Wildman–Crippen MR) is 53.5 cm³/mol. The lowest BCUT2D eigenvalue weighted by Gasteiger charge is -1.97. The average Bonchev–Trinajstić information content (AvgIpc) is 2.76. The Morgan fingerprint density at radius 3 is 3.08 bits per heavy atom. The van der Waals surface area contributed by atoms with Gasteiger partial charge in [-0.1, -0.05) is 0 Å². The summed E-state index contributed by atoms with van der Waals surface area (Å²) in [5, 5.41) is 3.11. The Balaban J connectivity index is 2.10. The quantitative estimate of drug-likeness (QED) is 0.801. The molecule has 3 nitrogen and oxygen atoms in total. The molecule has 0 fully saturated rings. The molecule has 13 heavy (non-hydrogen) atoms. The van der Waals surface area contributed by atoms with Gasteiger partial charge in [0.1, 0.15) is 5.01 Å². The minimum Gasteiger partial charge on any atom is -0.347 e. The molecular formula is C9H11N3S. The van der Waals surface area contributed by atoms with Crippen LogP contribution in [-0.4, -0.2) is 9.55 Å². The highest BCUT2D eigenvalue weighted by atomic mass is 32.1. The third kappa shape index (κ3) is 1.96. The molecule has 0 aliphatic heterocycles. The second kappa shape index (κ2) is 3.72. The van der Waals surface area contributed by atoms with Gasteiger partial charge in [0.05, 0.1) is 6.54 Å². The number of aromatic nitrogens is 2. The van der Waals surface area contributed by atoms with Crippen LogP contribution in [0.4, 0.5) is 0 Å². The highest BCUT2D eigenvalue weighted by Crippen LogP contribution is 2.08. The molecule has 0 atom stereocenters. The minimum absolute atomic E-state index is 0.602. The largest absolute Gasteiger partial charge is 0.347 e. The van der Waals surface area contributed by atoms with E-state index in [0.717, 1.165) is 17.1 Å². The van der Waals surface area contributed by atoms with Gasteiger partial charge in [-0.15, -0.1) is 11.3 Å². The van der Waals surface area contributed by atoms with Crippen molar-refractivity contribution >= 4 is 11.3 Å². The number of rotatable bonds is 3. The van der Waals surface area contributed by atoms with E-state index in [1.54, 1.807) is 11.3 Å². The molecule has 0 saturated carbocycles. The van der Waals surface area contributed by atoms with Gasteiger partial charge in [-0.25, -0.2) is 4.98 Å². The van der Waals surface area contributed by atoms with Crippen molar-refractivity contribution in [1.29, 1.82) is 0 Å². The lowest BCUT2D eigenvalue weighted by atomic mass is 10.4. The Labute approximate surface area is 80.8 Å². The van der Waals surface area contributed by atoms with Crippen LogP contribution in [0, 0.1) is 0 Å². The molecule has 0 aliphatic carbocycles. The molecule has 0 amide bonds. The molecule has 0 spiro atoms. The van der Waals surface area contributed by atoms with Crippen molar-refractivity contribution in [1.82, 2.24) is 9.55 Å². The van der Waals surface area contributed by atoms with E-state index in [1.807, 2.05) is 23.8 Å². The van der Waals surface area contributed by atoms with Crippen molar-refractivity contribution in [2.24, 2.45) is 5.73 Å². The highest BCUT2D eigenvalue weighted by Gasteiger charge is 1.97. The Kier molecular flexibility index (Phi) is 2.42. The van der Waals surface area contributed by atoms with Crippen LogP contribution in [-0.2, 0) is 13.1 Å². The number of hydrogen-bond acceptors (Lipinski definition) is 3. The second-order valence-corrected chi connectivity index (χ2v) is 3.80. The highest BCUT2D eigenvalue weighted by molar-refractivity contribution is 7.09. The molecule has 0 bridgehead atoms. The van der Waals surface area contributed by atoms with E-state index in [-0.39, 0.29) is 0 Å². The van der Waals surface area contributed by atoms with Gasteiger partial charge in [-0.05, 0) is 11.6 Å². The van der Waals surface area contributed by atoms with Crippen LogP contribution >= 0.6 is 11.3 Å². The Hall–Kier alpha value is -1.13. The molecule has 2 aromatic heterocycles. The fourth-order valence-electron chi connectivity index (χ4n) is 1.20. The lowest BCUT2D eigenvalue weighted by Crippen LogP contribution is -1.97. The predicted octanol–water partition coefficient (Wildman–Crippen LogP) is 1.45. The first-order valence-electron chi connectivity index (χ1n) is 4.11. The summed E-state index contributed by atoms with van der Waals surface area (Å²) in [6.07, 6.45) is 5.92. The minimum atomic E-state index is 0.602. The Morgan fingerprint density at radius 2 is 2.46 bits per heavy atom. The van der Waals surface area contributed by atoms with Gasteiger partial charge in [0.25, 0.3) is 0 Å². The fraction of sp³-hybridized carbons (Fsp3) is 0.222. The monoisotopic (exact) mass is 193 g/mol. The molecular weight excluding hydrogens is 182 g/mol. The molecule has 0 aromatic carbocycles. The number of nitrogens with two attached hydrogens (primary N) is 1. The average molecular weight is 193 g/mol. The maximum atomic E-state index is 5.51. The van der Waals surface area contributed by atoms with Gasteiger partial charge in [-0.3, -0.25) is 0 Å². The van der Waals surface area contributed by atoms with Crippen molar-refractivity contribution in [3.63, 3.8) is 0 Å². The van der Waals surface area contributed by atoms with Gasteiger partial charge in [0, 0.05) is 30.5 Å². The van der Waals surface area contributed by atoms with Crippen molar-refractivity contribution in [3.8, 4) is 0 Å². The third-order valence-corrected chi connectivity index (χ3v) is 2.61. The summed E-state index contributed by atoms with van der Waals surface area (Å²) < 4.78 is 2.10. The molecule has 2 aromatic rings. The molecule has 0 aliphatic rings. The standard InChI is InChI=1S/C9H11N3S/c10-5-8-1-3-12(6-8)7-9-11-2-4-13-9/h1-4,6H,5,7,10H2. The summed E-state index contributed by atoms with van der Waals surface area (Å²) in [6, 6.07) is 2.04. The molecule has 2 heterocycles. The van der Waals surface area contributed by atoms with Crippen molar-refractivity contribution in [2.75, 3.05) is 0 Å². The maximum absolute atomic E-state index is 5.51. The first-order valence-corrected chi connectivity index (χ1v) is 4.99. The van der Waals surface area contributed by atoms with Gasteiger partial charge in [0.15, 0.2) is 0 Å². The van der Waals surface area contributed by atoms with Crippen LogP contribution < -0.4 is 5.73 Å². The molecule has 2 N–H and O–H groups in total. The number of nitrogens with zero attached hydrogens (tertiary/aromatic N) is 2. The first kappa shape index (κ1) is 8.47. The van der Waals surface area contributed by atoms with E-state index < -0.39 is 0 Å². The molecule has 0 radical (unpaired) electrons. The van der Waals surface area contributed by atoms with Crippen molar-refractivity contribution < 1.29 is 0 Å². The molecule has 2 rings (SSSR count). The number of thiazole rings is 1. The van der Waals surface area contributed by atoms with E-state index in [4.69, 9.17) is 5.73 Å². The Morgan fingerprint density at radius 1 is 1.54 bits per heavy atom. The van der Waals surface area contributed by atoms with Crippen molar-refractivity contribution in [3.05, 3.63) is 40.6 Å². The number of hydrogen-bond donors (Lipinski definition) is 1. The van der Waals surface area contributed by atoms with E-state index in [9.17, 15) is 0 Å². The smallest absolute Gasteiger partial charge is 0.112 e. The van der Waals surface area contributed by atoms with Crippen LogP contribution in [0.5, 0.6) is 0 Å². The summed E-state index contributed by atoms with van der Waals surface area (Å²) in [5.74, 6) is 0. The summed E-state index contributed by atoms with van der Waals surface area (Å²) in [6.45, 7) is 1.45. The van der Waals surface area contributed by atoms with E-state index in [1.165, 1.54) is 0 Å². The van der Waals surface area contributed by atoms with Gasteiger partial charge < -0.3 is 10.3 Å². The molecule has 0 saturated heterocycles. The topological polar surface area (TPSA) is 43.8 Å². The zero-order valence-electron chi connectivity index (χ0n) is 7.18. The molecule has 68 valence electrons. The van der Waals surface area contributed by atoms with Gasteiger partial charge in [0.2, 0.25) is 0 Å². The summed E-state index contributed by atoms with van der Waals surface area (Å²) >= 11 is 1.67. The van der Waals surface area contributed by atoms with E-state index in [2.05, 4.69) is 15.7 Å². The normalized spacial score (nSPS) is 10.5. The van der Waals surface area contributed by atoms with Gasteiger partial charge >= 0.3 is 0 Å². The van der Waals surface area contributed by atoms with Crippen LogP contribution in [0.1, 0.15) is 10.6 Å². The zero-order chi connectivity index (χ0) is 9.10. The SMILES string of the molecule is NCc1ccn(Cc2nccs2)c1. The van der Waals surface area contributed by atoms with Crippen LogP contribution in [0.15, 0.2) is 30.0 Å². The van der Waals surface area contributed by atoms with E-state index in [0.29, 0.717) is 6.54 Å². The third-order valence-electron chi connectivity index (χ3n) is 1.85. The van der Waals surface area contributed by atoms with Crippen LogP contribution in [0.2, 0.25) is 0 Å². The fourth-order valence-corrected chi connectivity index (χ4v) is 1.82. The van der Waals surface area contributed by atoms with Crippen LogP contribution in [0.3, 0.4) is 0 Å². The lowest BCUT2D eigenvalue weighted by molar-refractivity contribution is 0.794. The second-order valence-electron chi connectivity index (χ2n) is 2.82. The molecule has 4 heteroatoms. The van der Waals surface area contributed by atoms with Crippen molar-refractivity contribution in [2.45, 2.75) is 13.1 Å². The Bertz CT molecular complexity index is 364. The van der Waals surface area contributed by atoms with E-state index >= 15 is 0 Å².